The largest absolute Gasteiger partial charge is 0.368 e. The van der Waals surface area contributed by atoms with Gasteiger partial charge in [-0.15, -0.1) is 0 Å². The number of aromatic nitrogens is 2. The van der Waals surface area contributed by atoms with E-state index < -0.39 is 23.4 Å². The number of anilines is 2. The summed E-state index contributed by atoms with van der Waals surface area (Å²) in [6.45, 7) is 4.60. The maximum Gasteiger partial charge on any atom is 0.244 e. The van der Waals surface area contributed by atoms with Gasteiger partial charge in [0.2, 0.25) is 11.8 Å². The zero-order chi connectivity index (χ0) is 27.7. The molecule has 0 bridgehead atoms. The Balaban J connectivity index is 1.65. The van der Waals surface area contributed by atoms with Crippen molar-refractivity contribution in [1.29, 1.82) is 0 Å². The molecule has 1 heterocycles. The lowest BCUT2D eigenvalue weighted by atomic mass is 10.2. The number of nitrogens with one attached hydrogen (secondary N) is 4. The topological polar surface area (TPSA) is 108 Å². The minimum Gasteiger partial charge on any atom is -0.368 e. The fourth-order valence-electron chi connectivity index (χ4n) is 3.27. The van der Waals surface area contributed by atoms with Crippen LogP contribution in [0.15, 0.2) is 42.5 Å². The van der Waals surface area contributed by atoms with Crippen LogP contribution in [0.5, 0.6) is 0 Å². The number of amides is 2. The Labute approximate surface area is 222 Å². The lowest BCUT2D eigenvalue weighted by molar-refractivity contribution is -0.119. The van der Waals surface area contributed by atoms with Crippen LogP contribution in [0, 0.1) is 24.4 Å². The maximum absolute atomic E-state index is 13.7. The van der Waals surface area contributed by atoms with E-state index in [1.54, 1.807) is 24.3 Å². The third kappa shape index (κ3) is 7.94. The van der Waals surface area contributed by atoms with Gasteiger partial charge in [0, 0.05) is 60.9 Å². The molecule has 0 aliphatic carbocycles. The first-order chi connectivity index (χ1) is 18.2. The zero-order valence-corrected chi connectivity index (χ0v) is 21.4. The quantitative estimate of drug-likeness (QED) is 0.162. The average molecular weight is 547 g/mol. The van der Waals surface area contributed by atoms with E-state index in [1.807, 2.05) is 6.92 Å². The van der Waals surface area contributed by atoms with E-state index in [-0.39, 0.29) is 18.0 Å². The van der Waals surface area contributed by atoms with Crippen molar-refractivity contribution in [2.75, 3.05) is 36.8 Å². The molecule has 0 unspecified atom stereocenters. The van der Waals surface area contributed by atoms with Crippen LogP contribution < -0.4 is 21.3 Å². The van der Waals surface area contributed by atoms with Gasteiger partial charge >= 0.3 is 0 Å². The Hall–Kier alpha value is -4.12. The molecule has 0 aliphatic rings. The zero-order valence-electron chi connectivity index (χ0n) is 20.7. The number of nitrogens with zero attached hydrogens (tertiary/aromatic N) is 2. The summed E-state index contributed by atoms with van der Waals surface area (Å²) in [5.41, 5.74) is 1.22. The summed E-state index contributed by atoms with van der Waals surface area (Å²) in [7, 11) is 0. The van der Waals surface area contributed by atoms with Crippen molar-refractivity contribution >= 4 is 41.1 Å². The van der Waals surface area contributed by atoms with E-state index in [9.17, 15) is 22.8 Å². The van der Waals surface area contributed by atoms with Crippen molar-refractivity contribution in [3.05, 3.63) is 76.1 Å². The summed E-state index contributed by atoms with van der Waals surface area (Å²) in [4.78, 5) is 32.4. The number of carbonyl (C=O) groups is 2. The second-order valence-corrected chi connectivity index (χ2v) is 8.54. The molecule has 4 N–H and O–H groups in total. The van der Waals surface area contributed by atoms with Gasteiger partial charge in [0.15, 0.2) is 23.3 Å². The molecule has 12 heteroatoms. The summed E-state index contributed by atoms with van der Waals surface area (Å²) in [5.74, 6) is -3.41. The summed E-state index contributed by atoms with van der Waals surface area (Å²) in [6.07, 6.45) is 2.09. The standard InChI is InChI=1S/C26H26ClF3N6O2/c1-15-24(33-13-11-31-16(2)37)35-26(18-3-7-19(27)8-4-18)36-25(15)34-14-12-32-21(38)10-6-17-5-9-20(28)23(30)22(17)29/h3-10H,11-14H2,1-2H3,(H,31,37)(H,32,38)(H2,33,34,35,36). The van der Waals surface area contributed by atoms with Gasteiger partial charge in [-0.1, -0.05) is 11.6 Å². The fourth-order valence-corrected chi connectivity index (χ4v) is 3.39. The first kappa shape index (κ1) is 28.5. The number of rotatable bonds is 11. The lowest BCUT2D eigenvalue weighted by Gasteiger charge is -2.16. The number of hydrogen-bond acceptors (Lipinski definition) is 6. The number of carbonyl (C=O) groups excluding carboxylic acids is 2. The molecular weight excluding hydrogens is 521 g/mol. The predicted octanol–water partition coefficient (Wildman–Crippen LogP) is 4.31. The van der Waals surface area contributed by atoms with Gasteiger partial charge < -0.3 is 21.3 Å². The first-order valence-corrected chi connectivity index (χ1v) is 12.0. The van der Waals surface area contributed by atoms with Crippen LogP contribution in [-0.2, 0) is 9.59 Å². The molecule has 2 aromatic carbocycles. The van der Waals surface area contributed by atoms with Crippen LogP contribution in [0.2, 0.25) is 5.02 Å². The van der Waals surface area contributed by atoms with E-state index in [0.717, 1.165) is 35.4 Å². The van der Waals surface area contributed by atoms with Gasteiger partial charge in [-0.3, -0.25) is 9.59 Å². The second-order valence-electron chi connectivity index (χ2n) is 8.10. The Morgan fingerprint density at radius 3 is 2.08 bits per heavy atom. The summed E-state index contributed by atoms with van der Waals surface area (Å²) < 4.78 is 40.1. The molecule has 0 saturated heterocycles. The molecule has 0 spiro atoms. The van der Waals surface area contributed by atoms with Crippen molar-refractivity contribution in [3.8, 4) is 11.4 Å². The molecular formula is C26H26ClF3N6O2. The van der Waals surface area contributed by atoms with Crippen LogP contribution in [0.25, 0.3) is 17.5 Å². The van der Waals surface area contributed by atoms with E-state index >= 15 is 0 Å². The van der Waals surface area contributed by atoms with Crippen LogP contribution in [0.1, 0.15) is 18.1 Å². The third-order valence-electron chi connectivity index (χ3n) is 5.24. The number of benzene rings is 2. The Bertz CT molecular complexity index is 1340. The highest BCUT2D eigenvalue weighted by Crippen LogP contribution is 2.26. The highest BCUT2D eigenvalue weighted by atomic mass is 35.5. The van der Waals surface area contributed by atoms with Crippen molar-refractivity contribution in [1.82, 2.24) is 20.6 Å². The SMILES string of the molecule is CC(=O)NCCNc1nc(-c2ccc(Cl)cc2)nc(NCCNC(=O)C=Cc2ccc(F)c(F)c2F)c1C. The van der Waals surface area contributed by atoms with E-state index in [0.29, 0.717) is 42.1 Å². The fraction of sp³-hybridized carbons (Fsp3) is 0.231. The van der Waals surface area contributed by atoms with E-state index in [1.165, 1.54) is 6.92 Å². The van der Waals surface area contributed by atoms with Crippen LogP contribution in [0.3, 0.4) is 0 Å². The minimum atomic E-state index is -1.60. The predicted molar refractivity (Wildman–Crippen MR) is 141 cm³/mol. The summed E-state index contributed by atoms with van der Waals surface area (Å²) in [6, 6.07) is 8.86. The van der Waals surface area contributed by atoms with Gasteiger partial charge in [0.1, 0.15) is 11.6 Å². The van der Waals surface area contributed by atoms with Gasteiger partial charge in [-0.25, -0.2) is 23.1 Å². The molecule has 0 fully saturated rings. The first-order valence-electron chi connectivity index (χ1n) is 11.6. The monoisotopic (exact) mass is 546 g/mol. The molecule has 0 saturated carbocycles. The second kappa shape index (κ2) is 13.4. The molecule has 8 nitrogen and oxygen atoms in total. The molecule has 38 heavy (non-hydrogen) atoms. The van der Waals surface area contributed by atoms with Gasteiger partial charge in [-0.2, -0.15) is 0 Å². The molecule has 3 rings (SSSR count). The molecule has 0 aliphatic heterocycles. The number of halogens is 4. The van der Waals surface area contributed by atoms with E-state index in [2.05, 4.69) is 31.2 Å². The highest BCUT2D eigenvalue weighted by molar-refractivity contribution is 6.30. The average Bonchev–Trinajstić information content (AvgIpc) is 2.89. The third-order valence-corrected chi connectivity index (χ3v) is 5.49. The Kier molecular flexibility index (Phi) is 10.1. The molecule has 0 radical (unpaired) electrons. The molecule has 1 aromatic heterocycles. The van der Waals surface area contributed by atoms with Crippen molar-refractivity contribution in [3.63, 3.8) is 0 Å². The molecule has 3 aromatic rings. The summed E-state index contributed by atoms with van der Waals surface area (Å²) in [5, 5.41) is 12.2. The molecule has 200 valence electrons. The summed E-state index contributed by atoms with van der Waals surface area (Å²) >= 11 is 6.00. The van der Waals surface area contributed by atoms with E-state index in [4.69, 9.17) is 11.6 Å². The Morgan fingerprint density at radius 2 is 1.47 bits per heavy atom. The lowest BCUT2D eigenvalue weighted by Crippen LogP contribution is -2.28. The van der Waals surface area contributed by atoms with Crippen LogP contribution >= 0.6 is 11.6 Å². The normalized spacial score (nSPS) is 10.9. The van der Waals surface area contributed by atoms with Crippen LogP contribution in [-0.4, -0.2) is 48.0 Å². The molecule has 0 atom stereocenters. The van der Waals surface area contributed by atoms with Crippen molar-refractivity contribution in [2.45, 2.75) is 13.8 Å². The van der Waals surface area contributed by atoms with Crippen molar-refractivity contribution < 1.29 is 22.8 Å². The van der Waals surface area contributed by atoms with Gasteiger partial charge in [0.25, 0.3) is 0 Å². The Morgan fingerprint density at radius 1 is 0.868 bits per heavy atom. The van der Waals surface area contributed by atoms with Crippen LogP contribution in [0.4, 0.5) is 24.8 Å². The van der Waals surface area contributed by atoms with Gasteiger partial charge in [-0.05, 0) is 49.4 Å². The number of hydrogen-bond donors (Lipinski definition) is 4. The smallest absolute Gasteiger partial charge is 0.244 e. The van der Waals surface area contributed by atoms with Gasteiger partial charge in [0.05, 0.1) is 0 Å². The maximum atomic E-state index is 13.7. The van der Waals surface area contributed by atoms with Crippen molar-refractivity contribution in [2.24, 2.45) is 0 Å². The minimum absolute atomic E-state index is 0.137. The molecule has 2 amide bonds. The highest BCUT2D eigenvalue weighted by Gasteiger charge is 2.13.